The minimum atomic E-state index is -0.791. The van der Waals surface area contributed by atoms with Crippen molar-refractivity contribution in [1.29, 1.82) is 0 Å². The number of rotatable bonds is 67. The monoisotopic (exact) mass is 1150 g/mol. The van der Waals surface area contributed by atoms with Crippen LogP contribution in [0.25, 0.3) is 0 Å². The molecular weight excluding hydrogens is 1010 g/mol. The van der Waals surface area contributed by atoms with Gasteiger partial charge in [0, 0.05) is 19.3 Å². The highest BCUT2D eigenvalue weighted by Crippen LogP contribution is 2.19. The molecule has 0 N–H and O–H groups in total. The Kier molecular flexibility index (Phi) is 68.1. The van der Waals surface area contributed by atoms with Gasteiger partial charge < -0.3 is 14.2 Å². The molecule has 0 aromatic carbocycles. The third-order valence-electron chi connectivity index (χ3n) is 16.3. The van der Waals surface area contributed by atoms with E-state index in [1.165, 1.54) is 250 Å². The van der Waals surface area contributed by atoms with E-state index in [-0.39, 0.29) is 31.1 Å². The van der Waals surface area contributed by atoms with Crippen molar-refractivity contribution in [3.63, 3.8) is 0 Å². The van der Waals surface area contributed by atoms with Crippen molar-refractivity contribution in [2.24, 2.45) is 0 Å². The maximum atomic E-state index is 12.9. The molecule has 6 heteroatoms. The molecule has 0 bridgehead atoms. The first-order chi connectivity index (χ1) is 40.5. The molecule has 6 nitrogen and oxygen atoms in total. The van der Waals surface area contributed by atoms with Gasteiger partial charge in [-0.15, -0.1) is 0 Å². The summed E-state index contributed by atoms with van der Waals surface area (Å²) in [5.41, 5.74) is 0. The summed E-state index contributed by atoms with van der Waals surface area (Å²) in [5, 5.41) is 0. The Balaban J connectivity index is 4.28. The molecule has 0 fully saturated rings. The van der Waals surface area contributed by atoms with E-state index < -0.39 is 6.10 Å². The highest BCUT2D eigenvalue weighted by Gasteiger charge is 2.19. The molecule has 1 unspecified atom stereocenters. The van der Waals surface area contributed by atoms with E-state index in [1.54, 1.807) is 0 Å². The van der Waals surface area contributed by atoms with E-state index in [1.807, 2.05) is 0 Å². The predicted octanol–water partition coefficient (Wildman–Crippen LogP) is 25.1. The van der Waals surface area contributed by atoms with E-state index in [9.17, 15) is 14.4 Å². The lowest BCUT2D eigenvalue weighted by atomic mass is 10.0. The molecule has 0 radical (unpaired) electrons. The van der Waals surface area contributed by atoms with Crippen molar-refractivity contribution >= 4 is 17.9 Å². The van der Waals surface area contributed by atoms with E-state index in [0.717, 1.165) is 96.3 Å². The van der Waals surface area contributed by atoms with Crippen LogP contribution >= 0.6 is 0 Å². The van der Waals surface area contributed by atoms with Crippen molar-refractivity contribution < 1.29 is 28.6 Å². The second-order valence-electron chi connectivity index (χ2n) is 24.5. The molecule has 0 saturated heterocycles. The van der Waals surface area contributed by atoms with E-state index in [4.69, 9.17) is 14.2 Å². The Bertz CT molecular complexity index is 1460. The zero-order valence-corrected chi connectivity index (χ0v) is 55.0. The number of hydrogen-bond acceptors (Lipinski definition) is 6. The summed E-state index contributed by atoms with van der Waals surface area (Å²) in [4.78, 5) is 38.5. The predicted molar refractivity (Wildman–Crippen MR) is 358 cm³/mol. The Labute approximate surface area is 510 Å². The first kappa shape index (κ1) is 79.1. The van der Waals surface area contributed by atoms with Crippen LogP contribution in [0.2, 0.25) is 0 Å². The topological polar surface area (TPSA) is 78.9 Å². The minimum Gasteiger partial charge on any atom is -0.462 e. The van der Waals surface area contributed by atoms with Gasteiger partial charge in [-0.25, -0.2) is 0 Å². The molecule has 0 aliphatic carbocycles. The zero-order valence-electron chi connectivity index (χ0n) is 55.0. The largest absolute Gasteiger partial charge is 0.462 e. The Morgan fingerprint density at radius 2 is 0.476 bits per heavy atom. The summed E-state index contributed by atoms with van der Waals surface area (Å²) in [5.74, 6) is -0.888. The molecule has 0 aliphatic rings. The fraction of sp³-hybridized carbons (Fsp3) is 0.829. The Hall–Kier alpha value is -2.89. The van der Waals surface area contributed by atoms with E-state index in [0.29, 0.717) is 19.3 Å². The third-order valence-corrected chi connectivity index (χ3v) is 16.3. The van der Waals surface area contributed by atoms with Crippen molar-refractivity contribution in [3.05, 3.63) is 60.8 Å². The molecule has 0 saturated carbocycles. The summed E-state index contributed by atoms with van der Waals surface area (Å²) < 4.78 is 17.0. The maximum Gasteiger partial charge on any atom is 0.306 e. The zero-order chi connectivity index (χ0) is 59.2. The standard InChI is InChI=1S/C76H138O6/c1-4-7-10-13-16-19-22-25-28-31-33-34-35-36-37-38-39-40-41-43-45-48-51-54-57-60-63-66-69-75(78)81-72-73(71-80-74(77)68-65-62-59-56-53-50-47-44-30-27-24-21-18-15-12-9-6-3)82-76(79)70-67-64-61-58-55-52-49-46-42-32-29-26-23-20-17-14-11-8-5-2/h8,11,17,20,26,29,42,46,52,55,73H,4-7,9-10,12-16,18-19,21-25,27-28,30-41,43-45,47-51,53-54,56-72H2,1-3H3/b11-8-,20-17-,29-26-,46-42-,55-52-. The number of esters is 3. The second kappa shape index (κ2) is 70.6. The molecule has 0 spiro atoms. The number of allylic oxidation sites excluding steroid dienone is 10. The summed E-state index contributed by atoms with van der Waals surface area (Å²) in [6, 6.07) is 0. The van der Waals surface area contributed by atoms with Gasteiger partial charge in [0.2, 0.25) is 0 Å². The quantitative estimate of drug-likeness (QED) is 0.0261. The van der Waals surface area contributed by atoms with Gasteiger partial charge >= 0.3 is 17.9 Å². The molecule has 0 amide bonds. The van der Waals surface area contributed by atoms with Gasteiger partial charge in [0.05, 0.1) is 0 Å². The molecule has 0 aromatic rings. The van der Waals surface area contributed by atoms with Crippen LogP contribution in [-0.2, 0) is 28.6 Å². The van der Waals surface area contributed by atoms with Crippen molar-refractivity contribution in [1.82, 2.24) is 0 Å². The van der Waals surface area contributed by atoms with Gasteiger partial charge in [0.25, 0.3) is 0 Å². The lowest BCUT2D eigenvalue weighted by Gasteiger charge is -2.18. The van der Waals surface area contributed by atoms with Gasteiger partial charge in [-0.1, -0.05) is 364 Å². The van der Waals surface area contributed by atoms with Crippen molar-refractivity contribution in [2.45, 2.75) is 393 Å². The SMILES string of the molecule is CC/C=C\C/C=C\C/C=C\C/C=C\C/C=C\CCCCCC(=O)OC(COC(=O)CCCCCCCCCCCCCCCCCCC)COC(=O)CCCCCCCCCCCCCCCCCCCCCCCCCCCCCC. The fourth-order valence-electron chi connectivity index (χ4n) is 10.9. The van der Waals surface area contributed by atoms with Crippen LogP contribution in [0.4, 0.5) is 0 Å². The molecule has 478 valence electrons. The highest BCUT2D eigenvalue weighted by atomic mass is 16.6. The average molecular weight is 1150 g/mol. The smallest absolute Gasteiger partial charge is 0.306 e. The van der Waals surface area contributed by atoms with Crippen LogP contribution < -0.4 is 0 Å². The van der Waals surface area contributed by atoms with E-state index >= 15 is 0 Å². The normalized spacial score (nSPS) is 12.4. The van der Waals surface area contributed by atoms with Crippen LogP contribution in [0.3, 0.4) is 0 Å². The van der Waals surface area contributed by atoms with Gasteiger partial charge in [-0.3, -0.25) is 14.4 Å². The first-order valence-corrected chi connectivity index (χ1v) is 36.3. The van der Waals surface area contributed by atoms with Gasteiger partial charge in [0.15, 0.2) is 6.10 Å². The molecule has 0 heterocycles. The number of unbranched alkanes of at least 4 members (excludes halogenated alkanes) is 46. The summed E-state index contributed by atoms with van der Waals surface area (Å²) >= 11 is 0. The summed E-state index contributed by atoms with van der Waals surface area (Å²) in [6.07, 6.45) is 91.2. The van der Waals surface area contributed by atoms with Gasteiger partial charge in [-0.05, 0) is 64.2 Å². The summed E-state index contributed by atoms with van der Waals surface area (Å²) in [6.45, 7) is 6.57. The fourth-order valence-corrected chi connectivity index (χ4v) is 10.9. The minimum absolute atomic E-state index is 0.0828. The van der Waals surface area contributed by atoms with Crippen molar-refractivity contribution in [2.75, 3.05) is 13.2 Å². The van der Waals surface area contributed by atoms with Crippen LogP contribution in [0.5, 0.6) is 0 Å². The van der Waals surface area contributed by atoms with Gasteiger partial charge in [0.1, 0.15) is 13.2 Å². The lowest BCUT2D eigenvalue weighted by molar-refractivity contribution is -0.167. The first-order valence-electron chi connectivity index (χ1n) is 36.3. The number of carbonyl (C=O) groups excluding carboxylic acids is 3. The molecule has 0 aromatic heterocycles. The number of ether oxygens (including phenoxy) is 3. The molecular formula is C76H138O6. The Morgan fingerprint density at radius 3 is 0.744 bits per heavy atom. The molecule has 82 heavy (non-hydrogen) atoms. The highest BCUT2D eigenvalue weighted by molar-refractivity contribution is 5.71. The number of carbonyl (C=O) groups is 3. The number of hydrogen-bond donors (Lipinski definition) is 0. The van der Waals surface area contributed by atoms with Crippen LogP contribution in [0, 0.1) is 0 Å². The van der Waals surface area contributed by atoms with E-state index in [2.05, 4.69) is 81.5 Å². The average Bonchev–Trinajstić information content (AvgIpc) is 3.47. The lowest BCUT2D eigenvalue weighted by Crippen LogP contribution is -2.30. The van der Waals surface area contributed by atoms with Crippen LogP contribution in [0.1, 0.15) is 387 Å². The molecule has 1 atom stereocenters. The van der Waals surface area contributed by atoms with Crippen LogP contribution in [-0.4, -0.2) is 37.2 Å². The molecule has 0 aliphatic heterocycles. The molecule has 0 rings (SSSR count). The Morgan fingerprint density at radius 1 is 0.256 bits per heavy atom. The van der Waals surface area contributed by atoms with Gasteiger partial charge in [-0.2, -0.15) is 0 Å². The van der Waals surface area contributed by atoms with Crippen molar-refractivity contribution in [3.8, 4) is 0 Å². The third kappa shape index (κ3) is 67.9. The summed E-state index contributed by atoms with van der Waals surface area (Å²) in [7, 11) is 0. The van der Waals surface area contributed by atoms with Crippen LogP contribution in [0.15, 0.2) is 60.8 Å². The second-order valence-corrected chi connectivity index (χ2v) is 24.5. The maximum absolute atomic E-state index is 12.9.